The van der Waals surface area contributed by atoms with Crippen molar-refractivity contribution in [3.05, 3.63) is 48.0 Å². The maximum Gasteiger partial charge on any atom is 0.303 e. The number of hydrogen-bond donors (Lipinski definition) is 1. The van der Waals surface area contributed by atoms with E-state index in [1.165, 1.54) is 21.0 Å². The molecule has 0 saturated carbocycles. The maximum atomic E-state index is 10.7. The number of aliphatic carboxylic acids is 1. The van der Waals surface area contributed by atoms with Gasteiger partial charge in [0.25, 0.3) is 0 Å². The molecule has 1 N–H and O–H groups in total. The number of fused-ring (bicyclic) bond motifs is 3. The molecule has 2 aromatic carbocycles. The zero-order valence-corrected chi connectivity index (χ0v) is 11.7. The molecule has 0 fully saturated rings. The maximum absolute atomic E-state index is 10.7. The van der Waals surface area contributed by atoms with Gasteiger partial charge in [-0.3, -0.25) is 4.79 Å². The molecule has 96 valence electrons. The Kier molecular flexibility index (Phi) is 3.04. The number of rotatable bonds is 3. The average molecular weight is 270 g/mol. The van der Waals surface area contributed by atoms with Crippen LogP contribution in [0.5, 0.6) is 0 Å². The van der Waals surface area contributed by atoms with Crippen molar-refractivity contribution >= 4 is 34.5 Å². The van der Waals surface area contributed by atoms with Crippen molar-refractivity contribution in [2.24, 2.45) is 6.66 Å². The SMILES string of the molecule is Cp1c2ccccc2c2cc(CCC(=O)O)ccc21. The number of carboxylic acids is 1. The summed E-state index contributed by atoms with van der Waals surface area (Å²) in [6.45, 7) is 2.29. The normalized spacial score (nSPS) is 12.2. The predicted octanol–water partition coefficient (Wildman–Crippen LogP) is 4.53. The molecule has 0 saturated heterocycles. The lowest BCUT2D eigenvalue weighted by Crippen LogP contribution is -1.96. The van der Waals surface area contributed by atoms with Gasteiger partial charge in [0.05, 0.1) is 0 Å². The summed E-state index contributed by atoms with van der Waals surface area (Å²) < 4.78 is 0. The lowest BCUT2D eigenvalue weighted by Gasteiger charge is -2.00. The molecule has 0 bridgehead atoms. The molecule has 0 aliphatic rings. The smallest absolute Gasteiger partial charge is 0.303 e. The largest absolute Gasteiger partial charge is 0.481 e. The van der Waals surface area contributed by atoms with Crippen LogP contribution in [0, 0.1) is 0 Å². The first-order chi connectivity index (χ1) is 9.16. The van der Waals surface area contributed by atoms with Gasteiger partial charge in [0.15, 0.2) is 0 Å². The standard InChI is InChI=1S/C16H15O2P/c1-19-14-5-3-2-4-12(14)13-10-11(6-8-15(13)19)7-9-16(17)18/h2-6,8,10H,7,9H2,1H3,(H,17,18). The molecule has 2 nitrogen and oxygen atoms in total. The molecule has 1 heterocycles. The van der Waals surface area contributed by atoms with Crippen molar-refractivity contribution < 1.29 is 9.90 Å². The van der Waals surface area contributed by atoms with E-state index in [-0.39, 0.29) is 14.0 Å². The summed E-state index contributed by atoms with van der Waals surface area (Å²) in [6.07, 6.45) is 0.799. The third kappa shape index (κ3) is 2.13. The van der Waals surface area contributed by atoms with Crippen LogP contribution in [0.4, 0.5) is 0 Å². The average Bonchev–Trinajstić information content (AvgIpc) is 2.71. The fraction of sp³-hybridized carbons (Fsp3) is 0.188. The highest BCUT2D eigenvalue weighted by Gasteiger charge is 2.09. The second kappa shape index (κ2) is 4.71. The van der Waals surface area contributed by atoms with E-state index in [1.807, 2.05) is 0 Å². The van der Waals surface area contributed by atoms with Gasteiger partial charge in [0, 0.05) is 16.7 Å². The minimum Gasteiger partial charge on any atom is -0.481 e. The summed E-state index contributed by atoms with van der Waals surface area (Å²) in [4.78, 5) is 10.7. The van der Waals surface area contributed by atoms with E-state index >= 15 is 0 Å². The molecule has 0 radical (unpaired) electrons. The summed E-state index contributed by atoms with van der Waals surface area (Å²) in [6, 6.07) is 15.0. The first-order valence-electron chi connectivity index (χ1n) is 6.34. The first kappa shape index (κ1) is 12.3. The summed E-state index contributed by atoms with van der Waals surface area (Å²) in [5, 5.41) is 14.2. The Balaban J connectivity index is 2.16. The number of hydrogen-bond acceptors (Lipinski definition) is 1. The van der Waals surface area contributed by atoms with Gasteiger partial charge in [-0.05, 0) is 29.4 Å². The molecule has 1 atom stereocenters. The van der Waals surface area contributed by atoms with Crippen molar-refractivity contribution in [2.75, 3.05) is 0 Å². The molecule has 19 heavy (non-hydrogen) atoms. The predicted molar refractivity (Wildman–Crippen MR) is 81.1 cm³/mol. The number of carboxylic acid groups (broad SMARTS) is 1. The van der Waals surface area contributed by atoms with Crippen LogP contribution in [0.3, 0.4) is 0 Å². The highest BCUT2D eigenvalue weighted by Crippen LogP contribution is 2.46. The molecule has 0 amide bonds. The van der Waals surface area contributed by atoms with Crippen molar-refractivity contribution in [3.8, 4) is 0 Å². The van der Waals surface area contributed by atoms with Gasteiger partial charge in [-0.25, -0.2) is 0 Å². The molecule has 1 unspecified atom stereocenters. The third-order valence-corrected chi connectivity index (χ3v) is 5.83. The van der Waals surface area contributed by atoms with Crippen LogP contribution in [-0.2, 0) is 17.9 Å². The van der Waals surface area contributed by atoms with Crippen molar-refractivity contribution in [3.63, 3.8) is 0 Å². The van der Waals surface area contributed by atoms with Gasteiger partial charge >= 0.3 is 5.97 Å². The van der Waals surface area contributed by atoms with Gasteiger partial charge < -0.3 is 5.11 Å². The second-order valence-electron chi connectivity index (χ2n) is 4.82. The number of benzene rings is 2. The molecular weight excluding hydrogens is 255 g/mol. The monoisotopic (exact) mass is 270 g/mol. The molecule has 3 aromatic rings. The van der Waals surface area contributed by atoms with Gasteiger partial charge in [-0.15, -0.1) is 7.53 Å². The van der Waals surface area contributed by atoms with E-state index in [4.69, 9.17) is 5.11 Å². The highest BCUT2D eigenvalue weighted by atomic mass is 31.1. The summed E-state index contributed by atoms with van der Waals surface area (Å²) in [7, 11) is -0.247. The Morgan fingerprint density at radius 3 is 2.63 bits per heavy atom. The van der Waals surface area contributed by atoms with Gasteiger partial charge in [0.2, 0.25) is 0 Å². The number of carbonyl (C=O) groups is 1. The molecule has 0 spiro atoms. The van der Waals surface area contributed by atoms with E-state index < -0.39 is 5.97 Å². The van der Waals surface area contributed by atoms with Crippen LogP contribution in [0.15, 0.2) is 42.5 Å². The Labute approximate surface area is 112 Å². The zero-order chi connectivity index (χ0) is 13.4. The van der Waals surface area contributed by atoms with Gasteiger partial charge in [-0.2, -0.15) is 0 Å². The van der Waals surface area contributed by atoms with Crippen LogP contribution < -0.4 is 0 Å². The Hall–Kier alpha value is -1.79. The number of aryl methyl sites for hydroxylation is 2. The van der Waals surface area contributed by atoms with E-state index in [1.54, 1.807) is 0 Å². The quantitative estimate of drug-likeness (QED) is 0.759. The van der Waals surface area contributed by atoms with E-state index in [0.717, 1.165) is 5.56 Å². The molecule has 0 aliphatic heterocycles. The van der Waals surface area contributed by atoms with E-state index in [2.05, 4.69) is 49.1 Å². The van der Waals surface area contributed by atoms with Crippen LogP contribution in [0.2, 0.25) is 0 Å². The van der Waals surface area contributed by atoms with Crippen LogP contribution in [0.1, 0.15) is 12.0 Å². The first-order valence-corrected chi connectivity index (χ1v) is 8.13. The Morgan fingerprint density at radius 2 is 1.84 bits per heavy atom. The molecule has 3 rings (SSSR count). The van der Waals surface area contributed by atoms with Crippen molar-refractivity contribution in [2.45, 2.75) is 12.8 Å². The Morgan fingerprint density at radius 1 is 1.11 bits per heavy atom. The van der Waals surface area contributed by atoms with Crippen LogP contribution in [0.25, 0.3) is 21.0 Å². The minimum absolute atomic E-state index is 0.196. The van der Waals surface area contributed by atoms with E-state index in [0.29, 0.717) is 6.42 Å². The van der Waals surface area contributed by atoms with Gasteiger partial charge in [0.1, 0.15) is 0 Å². The lowest BCUT2D eigenvalue weighted by atomic mass is 10.1. The van der Waals surface area contributed by atoms with E-state index in [9.17, 15) is 4.79 Å². The molecular formula is C16H15O2P. The minimum atomic E-state index is -0.737. The molecule has 3 heteroatoms. The highest BCUT2D eigenvalue weighted by molar-refractivity contribution is 7.59. The van der Waals surface area contributed by atoms with Crippen molar-refractivity contribution in [1.29, 1.82) is 0 Å². The summed E-state index contributed by atoms with van der Waals surface area (Å²) >= 11 is 0. The topological polar surface area (TPSA) is 37.3 Å². The second-order valence-corrected chi connectivity index (χ2v) is 6.90. The third-order valence-electron chi connectivity index (χ3n) is 3.61. The van der Waals surface area contributed by atoms with Crippen LogP contribution in [-0.4, -0.2) is 11.1 Å². The molecule has 0 aliphatic carbocycles. The fourth-order valence-electron chi connectivity index (χ4n) is 2.62. The molecule has 1 aromatic heterocycles. The summed E-state index contributed by atoms with van der Waals surface area (Å²) in [5.74, 6) is -0.737. The Bertz CT molecular complexity index is 771. The summed E-state index contributed by atoms with van der Waals surface area (Å²) in [5.41, 5.74) is 1.11. The zero-order valence-electron chi connectivity index (χ0n) is 10.8. The van der Waals surface area contributed by atoms with Crippen molar-refractivity contribution in [1.82, 2.24) is 0 Å². The van der Waals surface area contributed by atoms with Gasteiger partial charge in [-0.1, -0.05) is 42.5 Å². The van der Waals surface area contributed by atoms with Crippen LogP contribution >= 0.6 is 7.53 Å². The lowest BCUT2D eigenvalue weighted by molar-refractivity contribution is -0.136. The fourth-order valence-corrected chi connectivity index (χ4v) is 4.59.